The number of morpholine rings is 1. The molecule has 0 spiro atoms. The summed E-state index contributed by atoms with van der Waals surface area (Å²) in [6.45, 7) is 2.72. The third-order valence-electron chi connectivity index (χ3n) is 4.79. The quantitative estimate of drug-likeness (QED) is 0.865. The Bertz CT molecular complexity index is 715. The number of nitrogens with zero attached hydrogens (tertiary/aromatic N) is 2. The van der Waals surface area contributed by atoms with Crippen molar-refractivity contribution >= 4 is 33.7 Å². The molecule has 1 amide bonds. The maximum Gasteiger partial charge on any atom is 0.227 e. The molecule has 0 unspecified atom stereocenters. The van der Waals surface area contributed by atoms with E-state index in [1.54, 1.807) is 22.7 Å². The second-order valence-corrected chi connectivity index (χ2v) is 8.63. The fraction of sp³-hybridized carbons (Fsp3) is 0.556. The Morgan fingerprint density at radius 2 is 2.08 bits per heavy atom. The third kappa shape index (κ3) is 4.22. The number of aromatic nitrogens is 1. The molecular weight excluding hydrogens is 354 g/mol. The van der Waals surface area contributed by atoms with E-state index < -0.39 is 0 Å². The number of amides is 1. The van der Waals surface area contributed by atoms with Crippen LogP contribution in [0.3, 0.4) is 0 Å². The molecular formula is C18H23N3O2S2. The summed E-state index contributed by atoms with van der Waals surface area (Å²) in [6.07, 6.45) is 5.62. The number of thiophene rings is 1. The molecule has 0 radical (unpaired) electrons. The first-order chi connectivity index (χ1) is 12.3. The van der Waals surface area contributed by atoms with Crippen molar-refractivity contribution < 1.29 is 9.53 Å². The summed E-state index contributed by atoms with van der Waals surface area (Å²) in [5.41, 5.74) is 1.01. The normalized spacial score (nSPS) is 18.6. The number of carbonyl (C=O) groups is 1. The van der Waals surface area contributed by atoms with E-state index in [4.69, 9.17) is 9.72 Å². The Kier molecular flexibility index (Phi) is 5.33. The standard InChI is InChI=1S/C18H23N3O2S2/c22-17(21-7-9-23-10-8-21)11-14-5-6-16(25-14)15-12-24-18(20-15)19-13-3-1-2-4-13/h5-6,12-13H,1-4,7-11H2,(H,19,20). The Morgan fingerprint density at radius 1 is 1.28 bits per heavy atom. The van der Waals surface area contributed by atoms with Crippen LogP contribution in [0.4, 0.5) is 5.13 Å². The monoisotopic (exact) mass is 377 g/mol. The van der Waals surface area contributed by atoms with Gasteiger partial charge in [-0.15, -0.1) is 22.7 Å². The minimum Gasteiger partial charge on any atom is -0.378 e. The molecule has 25 heavy (non-hydrogen) atoms. The summed E-state index contributed by atoms with van der Waals surface area (Å²) < 4.78 is 5.31. The molecule has 2 aliphatic rings. The van der Waals surface area contributed by atoms with Crippen molar-refractivity contribution in [3.63, 3.8) is 0 Å². The van der Waals surface area contributed by atoms with E-state index in [0.29, 0.717) is 38.8 Å². The number of rotatable bonds is 5. The van der Waals surface area contributed by atoms with Crippen LogP contribution >= 0.6 is 22.7 Å². The lowest BCUT2D eigenvalue weighted by molar-refractivity contribution is -0.134. The second kappa shape index (κ2) is 7.85. The van der Waals surface area contributed by atoms with Crippen molar-refractivity contribution in [1.29, 1.82) is 0 Å². The van der Waals surface area contributed by atoms with Gasteiger partial charge in [0.1, 0.15) is 0 Å². The van der Waals surface area contributed by atoms with E-state index in [9.17, 15) is 4.79 Å². The molecule has 1 aliphatic heterocycles. The van der Waals surface area contributed by atoms with Crippen LogP contribution in [-0.2, 0) is 16.0 Å². The molecule has 5 nitrogen and oxygen atoms in total. The minimum atomic E-state index is 0.193. The summed E-state index contributed by atoms with van der Waals surface area (Å²) in [4.78, 5) is 21.2. The highest BCUT2D eigenvalue weighted by molar-refractivity contribution is 7.17. The van der Waals surface area contributed by atoms with Gasteiger partial charge in [0.15, 0.2) is 5.13 Å². The minimum absolute atomic E-state index is 0.193. The Balaban J connectivity index is 1.37. The lowest BCUT2D eigenvalue weighted by atomic mass is 10.3. The fourth-order valence-electron chi connectivity index (χ4n) is 3.38. The average Bonchev–Trinajstić information content (AvgIpc) is 3.38. The predicted octanol–water partition coefficient (Wildman–Crippen LogP) is 3.63. The molecule has 3 heterocycles. The average molecular weight is 378 g/mol. The zero-order chi connectivity index (χ0) is 17.1. The summed E-state index contributed by atoms with van der Waals surface area (Å²) in [5.74, 6) is 0.193. The first-order valence-electron chi connectivity index (χ1n) is 8.94. The SMILES string of the molecule is O=C(Cc1ccc(-c2csc(NC3CCCC3)n2)s1)N1CCOCC1. The van der Waals surface area contributed by atoms with E-state index in [-0.39, 0.29) is 5.91 Å². The molecule has 4 rings (SSSR count). The highest BCUT2D eigenvalue weighted by Gasteiger charge is 2.19. The molecule has 2 aromatic rings. The smallest absolute Gasteiger partial charge is 0.227 e. The molecule has 0 atom stereocenters. The first kappa shape index (κ1) is 17.0. The van der Waals surface area contributed by atoms with Crippen LogP contribution in [0.1, 0.15) is 30.6 Å². The van der Waals surface area contributed by atoms with Gasteiger partial charge in [-0.2, -0.15) is 0 Å². The van der Waals surface area contributed by atoms with E-state index in [1.165, 1.54) is 25.7 Å². The number of thiazole rings is 1. The highest BCUT2D eigenvalue weighted by Crippen LogP contribution is 2.32. The van der Waals surface area contributed by atoms with Crippen LogP contribution in [-0.4, -0.2) is 48.1 Å². The summed E-state index contributed by atoms with van der Waals surface area (Å²) in [7, 11) is 0. The Labute approximate surface area is 156 Å². The maximum atomic E-state index is 12.4. The number of ether oxygens (including phenoxy) is 1. The van der Waals surface area contributed by atoms with Crippen molar-refractivity contribution in [1.82, 2.24) is 9.88 Å². The van der Waals surface area contributed by atoms with E-state index in [0.717, 1.165) is 20.6 Å². The summed E-state index contributed by atoms with van der Waals surface area (Å²) in [5, 5.41) is 6.68. The fourth-order valence-corrected chi connectivity index (χ4v) is 5.20. The van der Waals surface area contributed by atoms with Gasteiger partial charge >= 0.3 is 0 Å². The zero-order valence-corrected chi connectivity index (χ0v) is 15.8. The third-order valence-corrected chi connectivity index (χ3v) is 6.67. The van der Waals surface area contributed by atoms with Crippen molar-refractivity contribution in [2.75, 3.05) is 31.6 Å². The molecule has 7 heteroatoms. The van der Waals surface area contributed by atoms with Crippen molar-refractivity contribution in [2.24, 2.45) is 0 Å². The lowest BCUT2D eigenvalue weighted by Crippen LogP contribution is -2.41. The molecule has 0 aromatic carbocycles. The van der Waals surface area contributed by atoms with Gasteiger partial charge in [-0.05, 0) is 25.0 Å². The highest BCUT2D eigenvalue weighted by atomic mass is 32.1. The molecule has 134 valence electrons. The molecule has 2 fully saturated rings. The summed E-state index contributed by atoms with van der Waals surface area (Å²) >= 11 is 3.34. The van der Waals surface area contributed by atoms with Gasteiger partial charge in [-0.25, -0.2) is 4.98 Å². The largest absolute Gasteiger partial charge is 0.378 e. The molecule has 1 aliphatic carbocycles. The number of carbonyl (C=O) groups excluding carboxylic acids is 1. The van der Waals surface area contributed by atoms with Crippen molar-refractivity contribution in [3.05, 3.63) is 22.4 Å². The van der Waals surface area contributed by atoms with Crippen molar-refractivity contribution in [3.8, 4) is 10.6 Å². The van der Waals surface area contributed by atoms with Crippen LogP contribution in [0.25, 0.3) is 10.6 Å². The summed E-state index contributed by atoms with van der Waals surface area (Å²) in [6, 6.07) is 4.73. The van der Waals surface area contributed by atoms with Gasteiger partial charge in [0.25, 0.3) is 0 Å². The number of nitrogens with one attached hydrogen (secondary N) is 1. The maximum absolute atomic E-state index is 12.4. The Hall–Kier alpha value is -1.44. The molecule has 1 saturated heterocycles. The van der Waals surface area contributed by atoms with Gasteiger partial charge in [0.05, 0.1) is 30.2 Å². The number of hydrogen-bond donors (Lipinski definition) is 1. The van der Waals surface area contributed by atoms with Crippen LogP contribution in [0.15, 0.2) is 17.5 Å². The van der Waals surface area contributed by atoms with E-state index in [2.05, 4.69) is 22.8 Å². The van der Waals surface area contributed by atoms with E-state index >= 15 is 0 Å². The molecule has 0 bridgehead atoms. The number of anilines is 1. The van der Waals surface area contributed by atoms with Gasteiger partial charge < -0.3 is 15.0 Å². The molecule has 2 aromatic heterocycles. The second-order valence-electron chi connectivity index (χ2n) is 6.60. The van der Waals surface area contributed by atoms with Crippen LogP contribution < -0.4 is 5.32 Å². The van der Waals surface area contributed by atoms with Crippen LogP contribution in [0.5, 0.6) is 0 Å². The van der Waals surface area contributed by atoms with Crippen LogP contribution in [0, 0.1) is 0 Å². The van der Waals surface area contributed by atoms with E-state index in [1.807, 2.05) is 4.90 Å². The number of hydrogen-bond acceptors (Lipinski definition) is 6. The first-order valence-corrected chi connectivity index (χ1v) is 10.6. The van der Waals surface area contributed by atoms with Gasteiger partial charge in [0, 0.05) is 29.4 Å². The predicted molar refractivity (Wildman–Crippen MR) is 102 cm³/mol. The lowest BCUT2D eigenvalue weighted by Gasteiger charge is -2.26. The topological polar surface area (TPSA) is 54.5 Å². The zero-order valence-electron chi connectivity index (χ0n) is 14.2. The van der Waals surface area contributed by atoms with Gasteiger partial charge in [-0.1, -0.05) is 12.8 Å². The van der Waals surface area contributed by atoms with Crippen molar-refractivity contribution in [2.45, 2.75) is 38.1 Å². The molecule has 1 saturated carbocycles. The van der Waals surface area contributed by atoms with Gasteiger partial charge in [0.2, 0.25) is 5.91 Å². The Morgan fingerprint density at radius 3 is 2.88 bits per heavy atom. The van der Waals surface area contributed by atoms with Gasteiger partial charge in [-0.3, -0.25) is 4.79 Å². The van der Waals surface area contributed by atoms with Crippen LogP contribution in [0.2, 0.25) is 0 Å². The molecule has 1 N–H and O–H groups in total.